The Labute approximate surface area is 139 Å². The molecule has 1 N–H and O–H groups in total. The largest absolute Gasteiger partial charge is 0.612 e. The van der Waals surface area contributed by atoms with Crippen molar-refractivity contribution in [1.29, 1.82) is 0 Å². The molecule has 0 bridgehead atoms. The molecule has 4 atom stereocenters. The van der Waals surface area contributed by atoms with Crippen molar-refractivity contribution in [1.82, 2.24) is 5.48 Å². The summed E-state index contributed by atoms with van der Waals surface area (Å²) < 4.78 is 11.9. The third-order valence-electron chi connectivity index (χ3n) is 4.49. The Hall–Kier alpha value is -2.35. The number of hydrogen-bond acceptors (Lipinski definition) is 6. The Kier molecular flexibility index (Phi) is 3.97. The van der Waals surface area contributed by atoms with Gasteiger partial charge >= 0.3 is 0 Å². The number of allylic oxidation sites excluding steroid dienone is 7. The number of hydrogen-bond donors (Lipinski definition) is 1. The van der Waals surface area contributed by atoms with Gasteiger partial charge in [0.15, 0.2) is 0 Å². The highest BCUT2D eigenvalue weighted by molar-refractivity contribution is 6.02. The number of ether oxygens (including phenoxy) is 2. The van der Waals surface area contributed by atoms with Gasteiger partial charge in [0.2, 0.25) is 5.71 Å². The molecule has 0 radical (unpaired) electrons. The van der Waals surface area contributed by atoms with Gasteiger partial charge in [0.25, 0.3) is 0 Å². The predicted molar refractivity (Wildman–Crippen MR) is 86.6 cm³/mol. The van der Waals surface area contributed by atoms with E-state index in [1.807, 2.05) is 24.3 Å². The van der Waals surface area contributed by atoms with Crippen LogP contribution in [0.25, 0.3) is 0 Å². The lowest BCUT2D eigenvalue weighted by Gasteiger charge is -2.31. The van der Waals surface area contributed by atoms with Crippen LogP contribution in [-0.4, -0.2) is 42.1 Å². The lowest BCUT2D eigenvalue weighted by atomic mass is 9.94. The van der Waals surface area contributed by atoms with E-state index >= 15 is 0 Å². The van der Waals surface area contributed by atoms with E-state index in [0.29, 0.717) is 13.2 Å². The van der Waals surface area contributed by atoms with Gasteiger partial charge in [-0.1, -0.05) is 24.3 Å². The summed E-state index contributed by atoms with van der Waals surface area (Å²) in [5.41, 5.74) is 4.74. The molecule has 126 valence electrons. The first-order valence-electron chi connectivity index (χ1n) is 7.84. The maximum Gasteiger partial charge on any atom is 0.222 e. The minimum Gasteiger partial charge on any atom is -0.612 e. The highest BCUT2D eigenvalue weighted by Crippen LogP contribution is 2.31. The fourth-order valence-corrected chi connectivity index (χ4v) is 3.15. The molecule has 2 aliphatic heterocycles. The van der Waals surface area contributed by atoms with E-state index in [2.05, 4.69) is 5.48 Å². The van der Waals surface area contributed by atoms with Crippen LogP contribution in [0.1, 0.15) is 0 Å². The minimum atomic E-state index is -0.411. The zero-order valence-corrected chi connectivity index (χ0v) is 12.8. The van der Waals surface area contributed by atoms with Crippen LogP contribution >= 0.6 is 0 Å². The number of nitrogens with one attached hydrogen (secondary N) is 1. The number of nitrogens with zero attached hydrogens (tertiary/aromatic N) is 1. The van der Waals surface area contributed by atoms with Gasteiger partial charge in [-0.25, -0.2) is 0 Å². The molecule has 4 rings (SSSR count). The van der Waals surface area contributed by atoms with Crippen LogP contribution in [-0.2, 0) is 14.3 Å². The Bertz CT molecular complexity index is 682. The van der Waals surface area contributed by atoms with Gasteiger partial charge in [-0.2, -0.15) is 4.90 Å². The first-order valence-corrected chi connectivity index (χ1v) is 7.84. The topological polar surface area (TPSA) is 88.9 Å². The van der Waals surface area contributed by atoms with Gasteiger partial charge in [-0.3, -0.25) is 10.3 Å². The molecule has 7 heteroatoms. The van der Waals surface area contributed by atoms with Gasteiger partial charge in [-0.05, 0) is 17.7 Å². The fourth-order valence-electron chi connectivity index (χ4n) is 3.15. The lowest BCUT2D eigenvalue weighted by Crippen LogP contribution is -2.39. The average Bonchev–Trinajstić information content (AvgIpc) is 2.98. The molecular formula is C17H17N2O5-. The normalized spacial score (nSPS) is 34.4. The SMILES string of the molecule is [O-][N+]([O-])=C1C=CC(=C2NOC3COC4C=CC=CC4OCC23)C=C1. The van der Waals surface area contributed by atoms with Gasteiger partial charge in [0.1, 0.15) is 18.3 Å². The van der Waals surface area contributed by atoms with Crippen molar-refractivity contribution in [3.05, 3.63) is 70.3 Å². The minimum absolute atomic E-state index is 0.00767. The zero-order chi connectivity index (χ0) is 16.5. The highest BCUT2D eigenvalue weighted by Gasteiger charge is 2.39. The molecule has 4 aliphatic rings. The van der Waals surface area contributed by atoms with E-state index in [0.717, 1.165) is 11.3 Å². The summed E-state index contributed by atoms with van der Waals surface area (Å²) in [4.78, 5) is 5.24. The smallest absolute Gasteiger partial charge is 0.222 e. The van der Waals surface area contributed by atoms with E-state index in [9.17, 15) is 10.4 Å². The molecular weight excluding hydrogens is 312 g/mol. The Morgan fingerprint density at radius 3 is 2.29 bits per heavy atom. The van der Waals surface area contributed by atoms with E-state index < -0.39 is 4.90 Å². The average molecular weight is 329 g/mol. The molecule has 0 aromatic carbocycles. The summed E-state index contributed by atoms with van der Waals surface area (Å²) in [5, 5.41) is 21.6. The van der Waals surface area contributed by atoms with Crippen molar-refractivity contribution < 1.29 is 19.2 Å². The summed E-state index contributed by atoms with van der Waals surface area (Å²) in [6.07, 6.45) is 13.9. The summed E-state index contributed by atoms with van der Waals surface area (Å²) >= 11 is 0. The number of rotatable bonds is 0. The van der Waals surface area contributed by atoms with E-state index in [4.69, 9.17) is 14.3 Å². The van der Waals surface area contributed by atoms with E-state index in [1.165, 1.54) is 12.2 Å². The second-order valence-electron chi connectivity index (χ2n) is 5.95. The quantitative estimate of drug-likeness (QED) is 0.531. The Morgan fingerprint density at radius 2 is 1.62 bits per heavy atom. The molecule has 24 heavy (non-hydrogen) atoms. The van der Waals surface area contributed by atoms with Crippen LogP contribution < -0.4 is 5.48 Å². The van der Waals surface area contributed by atoms with Gasteiger partial charge in [-0.15, -0.1) is 0 Å². The summed E-state index contributed by atoms with van der Waals surface area (Å²) in [6, 6.07) is 0. The molecule has 2 saturated heterocycles. The third kappa shape index (κ3) is 2.77. The standard InChI is InChI=1S/C17H17N2O5/c20-19(21)12-7-5-11(6-8-12)17-13-9-22-14-3-1-2-4-15(14)23-10-16(13)24-18-17/h1-8,13-16,18H,9-10H2/q-1. The molecule has 2 heterocycles. The maximum absolute atomic E-state index is 10.8. The first-order chi connectivity index (χ1) is 11.7. The Balaban J connectivity index is 1.56. The molecule has 0 amide bonds. The van der Waals surface area contributed by atoms with E-state index in [-0.39, 0.29) is 29.9 Å². The van der Waals surface area contributed by atoms with Crippen molar-refractivity contribution in [3.63, 3.8) is 0 Å². The lowest BCUT2D eigenvalue weighted by molar-refractivity contribution is -0.377. The number of fused-ring (bicyclic) bond motifs is 2. The molecule has 0 spiro atoms. The summed E-state index contributed by atoms with van der Waals surface area (Å²) in [5.74, 6) is -0.00767. The first kappa shape index (κ1) is 15.2. The molecule has 7 nitrogen and oxygen atoms in total. The van der Waals surface area contributed by atoms with Crippen LogP contribution in [0.2, 0.25) is 0 Å². The van der Waals surface area contributed by atoms with Crippen molar-refractivity contribution in [3.8, 4) is 0 Å². The fraction of sp³-hybridized carbons (Fsp3) is 0.353. The van der Waals surface area contributed by atoms with Gasteiger partial charge in [0.05, 0.1) is 24.8 Å². The predicted octanol–water partition coefficient (Wildman–Crippen LogP) is 1.25. The van der Waals surface area contributed by atoms with Crippen LogP contribution in [0.3, 0.4) is 0 Å². The molecule has 0 aromatic rings. The van der Waals surface area contributed by atoms with Crippen molar-refractivity contribution in [2.75, 3.05) is 13.2 Å². The van der Waals surface area contributed by atoms with Crippen LogP contribution in [0.5, 0.6) is 0 Å². The Morgan fingerprint density at radius 1 is 0.958 bits per heavy atom. The van der Waals surface area contributed by atoms with Crippen molar-refractivity contribution in [2.45, 2.75) is 18.3 Å². The van der Waals surface area contributed by atoms with E-state index in [1.54, 1.807) is 12.2 Å². The van der Waals surface area contributed by atoms with Crippen LogP contribution in [0.4, 0.5) is 0 Å². The van der Waals surface area contributed by atoms with Gasteiger partial charge < -0.3 is 19.9 Å². The summed E-state index contributed by atoms with van der Waals surface area (Å²) in [6.45, 7) is 0.948. The van der Waals surface area contributed by atoms with Gasteiger partial charge in [0, 0.05) is 12.2 Å². The second kappa shape index (κ2) is 6.27. The highest BCUT2D eigenvalue weighted by atomic mass is 16.8. The molecule has 0 saturated carbocycles. The third-order valence-corrected chi connectivity index (χ3v) is 4.49. The summed E-state index contributed by atoms with van der Waals surface area (Å²) in [7, 11) is 0. The zero-order valence-electron chi connectivity index (χ0n) is 12.8. The van der Waals surface area contributed by atoms with Crippen molar-refractivity contribution in [2.24, 2.45) is 5.92 Å². The molecule has 2 aliphatic carbocycles. The van der Waals surface area contributed by atoms with Crippen LogP contribution in [0, 0.1) is 16.3 Å². The number of hydroxylamine groups is 1. The van der Waals surface area contributed by atoms with Crippen LogP contribution in [0.15, 0.2) is 59.9 Å². The molecule has 2 fully saturated rings. The molecule has 0 aromatic heterocycles. The monoisotopic (exact) mass is 329 g/mol. The molecule has 4 unspecified atom stereocenters. The second-order valence-corrected chi connectivity index (χ2v) is 5.95. The maximum atomic E-state index is 10.8. The van der Waals surface area contributed by atoms with Crippen molar-refractivity contribution >= 4 is 5.71 Å².